The number of nitro groups is 1. The van der Waals surface area contributed by atoms with Gasteiger partial charge in [-0.3, -0.25) is 10.1 Å². The first kappa shape index (κ1) is 17.2. The minimum atomic E-state index is -1.05. The van der Waals surface area contributed by atoms with E-state index < -0.39 is 29.6 Å². The lowest BCUT2D eigenvalue weighted by Crippen LogP contribution is -2.27. The zero-order chi connectivity index (χ0) is 16.7. The van der Waals surface area contributed by atoms with Gasteiger partial charge in [0, 0.05) is 12.1 Å². The highest BCUT2D eigenvalue weighted by Gasteiger charge is 2.19. The zero-order valence-corrected chi connectivity index (χ0v) is 12.2. The second kappa shape index (κ2) is 7.81. The molecule has 1 aromatic carbocycles. The number of hydrogen-bond acceptors (Lipinski definition) is 8. The Kier molecular flexibility index (Phi) is 6.11. The molecule has 22 heavy (non-hydrogen) atoms. The van der Waals surface area contributed by atoms with Crippen molar-refractivity contribution >= 4 is 17.6 Å². The number of nitrogens with zero attached hydrogens (tertiary/aromatic N) is 1. The molecule has 0 amide bonds. The normalized spacial score (nSPS) is 11.2. The maximum absolute atomic E-state index is 11.5. The molecule has 0 spiro atoms. The predicted molar refractivity (Wildman–Crippen MR) is 72.7 cm³/mol. The van der Waals surface area contributed by atoms with Crippen molar-refractivity contribution < 1.29 is 33.5 Å². The molecule has 1 unspecified atom stereocenters. The Labute approximate surface area is 125 Å². The van der Waals surface area contributed by atoms with Gasteiger partial charge in [-0.2, -0.15) is 0 Å². The predicted octanol–water partition coefficient (Wildman–Crippen LogP) is 1.09. The van der Waals surface area contributed by atoms with Crippen LogP contribution in [-0.4, -0.2) is 43.8 Å². The summed E-state index contributed by atoms with van der Waals surface area (Å²) in [6, 6.07) is 3.78. The van der Waals surface area contributed by atoms with Gasteiger partial charge in [-0.15, -0.1) is 0 Å². The second-order valence-electron chi connectivity index (χ2n) is 4.03. The van der Waals surface area contributed by atoms with E-state index in [1.165, 1.54) is 39.3 Å². The third-order valence-electron chi connectivity index (χ3n) is 2.55. The third-order valence-corrected chi connectivity index (χ3v) is 2.55. The minimum Gasteiger partial charge on any atom is -0.490 e. The number of nitro benzene ring substituents is 1. The number of carbonyl (C=O) groups excluding carboxylic acids is 2. The minimum absolute atomic E-state index is 0.00111. The van der Waals surface area contributed by atoms with E-state index in [0.29, 0.717) is 0 Å². The summed E-state index contributed by atoms with van der Waals surface area (Å²) in [5.41, 5.74) is -0.225. The van der Waals surface area contributed by atoms with Crippen molar-refractivity contribution in [2.24, 2.45) is 0 Å². The molecule has 9 nitrogen and oxygen atoms in total. The molecule has 1 aromatic rings. The quantitative estimate of drug-likeness (QED) is 0.417. The van der Waals surface area contributed by atoms with Gasteiger partial charge < -0.3 is 18.9 Å². The lowest BCUT2D eigenvalue weighted by molar-refractivity contribution is -0.385. The Hall–Kier alpha value is -2.84. The van der Waals surface area contributed by atoms with Crippen molar-refractivity contribution in [3.05, 3.63) is 28.3 Å². The van der Waals surface area contributed by atoms with Gasteiger partial charge in [0.25, 0.3) is 0 Å². The highest BCUT2D eigenvalue weighted by atomic mass is 16.6. The van der Waals surface area contributed by atoms with E-state index in [2.05, 4.69) is 4.74 Å². The Balaban J connectivity index is 2.63. The van der Waals surface area contributed by atoms with Gasteiger partial charge in [0.15, 0.2) is 12.7 Å². The van der Waals surface area contributed by atoms with Crippen LogP contribution >= 0.6 is 0 Å². The molecule has 0 saturated heterocycles. The van der Waals surface area contributed by atoms with Crippen molar-refractivity contribution in [3.8, 4) is 11.5 Å². The fourth-order valence-electron chi connectivity index (χ4n) is 1.49. The van der Waals surface area contributed by atoms with E-state index >= 15 is 0 Å². The number of methoxy groups -OCH3 is 2. The van der Waals surface area contributed by atoms with Crippen LogP contribution in [0.3, 0.4) is 0 Å². The Morgan fingerprint density at radius 3 is 2.55 bits per heavy atom. The number of rotatable bonds is 7. The molecule has 1 atom stereocenters. The highest BCUT2D eigenvalue weighted by Crippen LogP contribution is 2.30. The first-order chi connectivity index (χ1) is 10.4. The highest BCUT2D eigenvalue weighted by molar-refractivity contribution is 5.79. The van der Waals surface area contributed by atoms with E-state index in [0.717, 1.165) is 0 Å². The Morgan fingerprint density at radius 2 is 2.00 bits per heavy atom. The van der Waals surface area contributed by atoms with E-state index in [-0.39, 0.29) is 17.2 Å². The van der Waals surface area contributed by atoms with Gasteiger partial charge in [-0.25, -0.2) is 9.59 Å². The summed E-state index contributed by atoms with van der Waals surface area (Å²) in [5, 5.41) is 10.7. The van der Waals surface area contributed by atoms with E-state index in [4.69, 9.17) is 14.2 Å². The molecule has 0 radical (unpaired) electrons. The molecule has 0 aliphatic carbocycles. The van der Waals surface area contributed by atoms with Crippen molar-refractivity contribution in [1.29, 1.82) is 0 Å². The fourth-order valence-corrected chi connectivity index (χ4v) is 1.49. The lowest BCUT2D eigenvalue weighted by Gasteiger charge is -2.11. The first-order valence-electron chi connectivity index (χ1n) is 6.11. The zero-order valence-electron chi connectivity index (χ0n) is 12.2. The summed E-state index contributed by atoms with van der Waals surface area (Å²) in [4.78, 5) is 32.7. The number of benzene rings is 1. The maximum Gasteiger partial charge on any atom is 0.346 e. The average Bonchev–Trinajstić information content (AvgIpc) is 2.51. The van der Waals surface area contributed by atoms with Crippen molar-refractivity contribution in [3.63, 3.8) is 0 Å². The molecular weight excluding hydrogens is 298 g/mol. The molecule has 0 N–H and O–H groups in total. The lowest BCUT2D eigenvalue weighted by atomic mass is 10.3. The molecule has 0 saturated carbocycles. The fraction of sp³-hybridized carbons (Fsp3) is 0.385. The van der Waals surface area contributed by atoms with Crippen LogP contribution in [0.4, 0.5) is 5.69 Å². The summed E-state index contributed by atoms with van der Waals surface area (Å²) >= 11 is 0. The molecule has 0 bridgehead atoms. The monoisotopic (exact) mass is 313 g/mol. The van der Waals surface area contributed by atoms with E-state index in [1.54, 1.807) is 0 Å². The van der Waals surface area contributed by atoms with Crippen LogP contribution in [0.25, 0.3) is 0 Å². The maximum atomic E-state index is 11.5. The smallest absolute Gasteiger partial charge is 0.346 e. The van der Waals surface area contributed by atoms with Crippen LogP contribution in [0, 0.1) is 10.1 Å². The van der Waals surface area contributed by atoms with Crippen molar-refractivity contribution in [2.45, 2.75) is 13.0 Å². The van der Waals surface area contributed by atoms with E-state index in [1.807, 2.05) is 0 Å². The van der Waals surface area contributed by atoms with Crippen LogP contribution in [0.15, 0.2) is 18.2 Å². The topological polar surface area (TPSA) is 114 Å². The number of hydrogen-bond donors (Lipinski definition) is 0. The van der Waals surface area contributed by atoms with Crippen LogP contribution in [0.5, 0.6) is 11.5 Å². The van der Waals surface area contributed by atoms with Gasteiger partial charge >= 0.3 is 17.6 Å². The molecule has 9 heteroatoms. The second-order valence-corrected chi connectivity index (χ2v) is 4.03. The van der Waals surface area contributed by atoms with Crippen LogP contribution < -0.4 is 9.47 Å². The van der Waals surface area contributed by atoms with Gasteiger partial charge in [0.2, 0.25) is 5.75 Å². The van der Waals surface area contributed by atoms with E-state index in [9.17, 15) is 19.7 Å². The van der Waals surface area contributed by atoms with Crippen LogP contribution in [-0.2, 0) is 19.1 Å². The number of carbonyl (C=O) groups is 2. The molecule has 0 heterocycles. The summed E-state index contributed by atoms with van der Waals surface area (Å²) in [6.45, 7) is 0.890. The van der Waals surface area contributed by atoms with Gasteiger partial charge in [-0.05, 0) is 13.0 Å². The summed E-state index contributed by atoms with van der Waals surface area (Å²) in [5.74, 6) is -1.29. The van der Waals surface area contributed by atoms with Crippen molar-refractivity contribution in [1.82, 2.24) is 0 Å². The molecule has 0 aliphatic rings. The number of ether oxygens (including phenoxy) is 4. The SMILES string of the molecule is COC(=O)C(C)OC(=O)COc1ccc([N+](=O)[O-])c(OC)c1. The molecule has 1 rings (SSSR count). The molecule has 0 fully saturated rings. The molecule has 0 aliphatic heterocycles. The Bertz CT molecular complexity index is 571. The van der Waals surface area contributed by atoms with Crippen LogP contribution in [0.1, 0.15) is 6.92 Å². The molecular formula is C13H15NO8. The summed E-state index contributed by atoms with van der Waals surface area (Å²) < 4.78 is 19.2. The summed E-state index contributed by atoms with van der Waals surface area (Å²) in [7, 11) is 2.45. The molecule has 0 aromatic heterocycles. The van der Waals surface area contributed by atoms with Crippen LogP contribution in [0.2, 0.25) is 0 Å². The van der Waals surface area contributed by atoms with Crippen molar-refractivity contribution in [2.75, 3.05) is 20.8 Å². The Morgan fingerprint density at radius 1 is 1.32 bits per heavy atom. The average molecular weight is 313 g/mol. The van der Waals surface area contributed by atoms with Gasteiger partial charge in [0.05, 0.1) is 19.1 Å². The first-order valence-corrected chi connectivity index (χ1v) is 6.11. The van der Waals surface area contributed by atoms with Gasteiger partial charge in [0.1, 0.15) is 5.75 Å². The van der Waals surface area contributed by atoms with Gasteiger partial charge in [-0.1, -0.05) is 0 Å². The summed E-state index contributed by atoms with van der Waals surface area (Å²) in [6.07, 6.45) is -1.05. The third kappa shape index (κ3) is 4.62. The molecule has 120 valence electrons. The standard InChI is InChI=1S/C13H15NO8/c1-8(13(16)20-3)22-12(15)7-21-9-4-5-10(14(17)18)11(6-9)19-2/h4-6,8H,7H2,1-3H3. The largest absolute Gasteiger partial charge is 0.490 e. The number of esters is 2.